The zero-order valence-corrected chi connectivity index (χ0v) is 18.4. The summed E-state index contributed by atoms with van der Waals surface area (Å²) < 4.78 is 2.40. The van der Waals surface area contributed by atoms with Gasteiger partial charge in [-0.25, -0.2) is 4.98 Å². The average Bonchev–Trinajstić information content (AvgIpc) is 3.14. The van der Waals surface area contributed by atoms with Crippen molar-refractivity contribution in [3.8, 4) is 0 Å². The van der Waals surface area contributed by atoms with E-state index in [9.17, 15) is 5.11 Å². The number of imidazole rings is 1. The number of hydrogen-bond acceptors (Lipinski definition) is 3. The van der Waals surface area contributed by atoms with E-state index in [4.69, 9.17) is 4.98 Å². The van der Waals surface area contributed by atoms with Crippen LogP contribution >= 0.6 is 0 Å². The predicted octanol–water partition coefficient (Wildman–Crippen LogP) is 5.30. The van der Waals surface area contributed by atoms with Gasteiger partial charge in [0.1, 0.15) is 12.4 Å². The first kappa shape index (κ1) is 19.3. The molecule has 1 aromatic carbocycles. The zero-order chi connectivity index (χ0) is 20.2. The van der Waals surface area contributed by atoms with Crippen LogP contribution in [0.15, 0.2) is 24.3 Å². The van der Waals surface area contributed by atoms with Crippen LogP contribution in [0.2, 0.25) is 0 Å². The van der Waals surface area contributed by atoms with E-state index in [-0.39, 0.29) is 6.61 Å². The normalized spacial score (nSPS) is 39.3. The fourth-order valence-electron chi connectivity index (χ4n) is 7.98. The second-order valence-corrected chi connectivity index (χ2v) is 10.9. The van der Waals surface area contributed by atoms with Crippen LogP contribution < -0.4 is 0 Å². The van der Waals surface area contributed by atoms with Crippen LogP contribution in [-0.2, 0) is 6.61 Å². The number of benzene rings is 1. The minimum atomic E-state index is 0.0335. The van der Waals surface area contributed by atoms with Crippen LogP contribution in [0.5, 0.6) is 0 Å². The summed E-state index contributed by atoms with van der Waals surface area (Å²) >= 11 is 0. The maximum atomic E-state index is 10.1. The lowest BCUT2D eigenvalue weighted by Crippen LogP contribution is -2.60. The van der Waals surface area contributed by atoms with E-state index in [1.807, 2.05) is 0 Å². The van der Waals surface area contributed by atoms with Crippen molar-refractivity contribution in [2.24, 2.45) is 17.8 Å². The molecule has 4 nitrogen and oxygen atoms in total. The van der Waals surface area contributed by atoms with Gasteiger partial charge in [0.15, 0.2) is 0 Å². The molecule has 4 aliphatic rings. The summed E-state index contributed by atoms with van der Waals surface area (Å²) in [5, 5.41) is 10.1. The molecule has 0 spiro atoms. The summed E-state index contributed by atoms with van der Waals surface area (Å²) in [5.74, 6) is 3.62. The molecule has 2 aromatic rings. The molecule has 2 aliphatic carbocycles. The number of fused-ring (bicyclic) bond motifs is 5. The minimum absolute atomic E-state index is 0.0335. The molecule has 4 bridgehead atoms. The molecule has 2 saturated carbocycles. The van der Waals surface area contributed by atoms with Crippen LogP contribution in [0.25, 0.3) is 11.0 Å². The first-order valence-corrected chi connectivity index (χ1v) is 12.6. The van der Waals surface area contributed by atoms with Crippen molar-refractivity contribution in [2.45, 2.75) is 102 Å². The summed E-state index contributed by atoms with van der Waals surface area (Å²) in [7, 11) is 0. The van der Waals surface area contributed by atoms with Crippen molar-refractivity contribution < 1.29 is 5.11 Å². The number of rotatable bonds is 3. The molecule has 4 fully saturated rings. The van der Waals surface area contributed by atoms with Gasteiger partial charge in [0, 0.05) is 24.2 Å². The van der Waals surface area contributed by atoms with Gasteiger partial charge in [-0.2, -0.15) is 0 Å². The van der Waals surface area contributed by atoms with E-state index in [0.717, 1.165) is 35.1 Å². The van der Waals surface area contributed by atoms with Crippen LogP contribution in [0.1, 0.15) is 83.0 Å². The third-order valence-corrected chi connectivity index (χ3v) is 9.17. The molecule has 30 heavy (non-hydrogen) atoms. The molecular formula is C26H37N3O. The molecule has 162 valence electrons. The molecule has 2 unspecified atom stereocenters. The summed E-state index contributed by atoms with van der Waals surface area (Å²) in [6, 6.07) is 11.1. The molecular weight excluding hydrogens is 370 g/mol. The fourth-order valence-corrected chi connectivity index (χ4v) is 7.98. The lowest BCUT2D eigenvalue weighted by Gasteiger charge is -2.57. The molecule has 7 atom stereocenters. The maximum absolute atomic E-state index is 10.1. The van der Waals surface area contributed by atoms with Crippen molar-refractivity contribution in [3.63, 3.8) is 0 Å². The summed E-state index contributed by atoms with van der Waals surface area (Å²) in [6.07, 6.45) is 14.0. The van der Waals surface area contributed by atoms with Crippen molar-refractivity contribution in [1.29, 1.82) is 0 Å². The molecule has 1 N–H and O–H groups in total. The van der Waals surface area contributed by atoms with Gasteiger partial charge >= 0.3 is 0 Å². The topological polar surface area (TPSA) is 41.3 Å². The van der Waals surface area contributed by atoms with E-state index in [2.05, 4.69) is 40.7 Å². The molecule has 0 amide bonds. The summed E-state index contributed by atoms with van der Waals surface area (Å²) in [4.78, 5) is 7.80. The SMILES string of the molecule is C[C@H]1CC[C@@H]2CC(n3c(CO)nc4ccccc43)C[C@H]1N2C1C[C@H]2CCC[C@@H](C1)C2. The fraction of sp³-hybridized carbons (Fsp3) is 0.731. The monoisotopic (exact) mass is 407 g/mol. The lowest BCUT2D eigenvalue weighted by molar-refractivity contribution is -0.0695. The minimum Gasteiger partial charge on any atom is -0.388 e. The zero-order valence-electron chi connectivity index (χ0n) is 18.4. The predicted molar refractivity (Wildman–Crippen MR) is 120 cm³/mol. The van der Waals surface area contributed by atoms with Gasteiger partial charge < -0.3 is 9.67 Å². The highest BCUT2D eigenvalue weighted by Gasteiger charge is 2.47. The van der Waals surface area contributed by atoms with Crippen molar-refractivity contribution >= 4 is 11.0 Å². The maximum Gasteiger partial charge on any atom is 0.135 e. The van der Waals surface area contributed by atoms with Crippen molar-refractivity contribution in [3.05, 3.63) is 30.1 Å². The summed E-state index contributed by atoms with van der Waals surface area (Å²) in [5.41, 5.74) is 2.24. The van der Waals surface area contributed by atoms with Crippen LogP contribution in [0.4, 0.5) is 0 Å². The van der Waals surface area contributed by atoms with Gasteiger partial charge in [-0.15, -0.1) is 0 Å². The Labute approximate surface area is 180 Å². The Morgan fingerprint density at radius 2 is 1.70 bits per heavy atom. The van der Waals surface area contributed by atoms with Crippen molar-refractivity contribution in [1.82, 2.24) is 14.5 Å². The molecule has 0 radical (unpaired) electrons. The average molecular weight is 408 g/mol. The molecule has 4 heteroatoms. The number of aliphatic hydroxyl groups excluding tert-OH is 1. The Morgan fingerprint density at radius 1 is 0.900 bits per heavy atom. The quantitative estimate of drug-likeness (QED) is 0.750. The molecule has 2 saturated heterocycles. The van der Waals surface area contributed by atoms with Crippen LogP contribution in [0.3, 0.4) is 0 Å². The van der Waals surface area contributed by atoms with E-state index in [0.29, 0.717) is 18.1 Å². The Bertz CT molecular complexity index is 895. The van der Waals surface area contributed by atoms with Gasteiger partial charge in [-0.1, -0.05) is 38.3 Å². The molecule has 2 aliphatic heterocycles. The molecule has 6 rings (SSSR count). The first-order chi connectivity index (χ1) is 14.7. The van der Waals surface area contributed by atoms with Gasteiger partial charge in [0.2, 0.25) is 0 Å². The summed E-state index contributed by atoms with van der Waals surface area (Å²) in [6.45, 7) is 2.53. The molecule has 1 aromatic heterocycles. The molecule has 3 heterocycles. The third kappa shape index (κ3) is 3.14. The second-order valence-electron chi connectivity index (χ2n) is 10.9. The Hall–Kier alpha value is -1.39. The number of aromatic nitrogens is 2. The lowest BCUT2D eigenvalue weighted by atomic mass is 9.67. The second kappa shape index (κ2) is 7.63. The van der Waals surface area contributed by atoms with Crippen molar-refractivity contribution in [2.75, 3.05) is 0 Å². The largest absolute Gasteiger partial charge is 0.388 e. The van der Waals surface area contributed by atoms with E-state index < -0.39 is 0 Å². The van der Waals surface area contributed by atoms with E-state index >= 15 is 0 Å². The number of nitrogens with zero attached hydrogens (tertiary/aromatic N) is 3. The Balaban J connectivity index is 1.32. The highest BCUT2D eigenvalue weighted by molar-refractivity contribution is 5.76. The van der Waals surface area contributed by atoms with Crippen LogP contribution in [-0.4, -0.2) is 37.7 Å². The Kier molecular flexibility index (Phi) is 4.91. The smallest absolute Gasteiger partial charge is 0.135 e. The number of aliphatic hydroxyl groups is 1. The van der Waals surface area contributed by atoms with Crippen LogP contribution in [0, 0.1) is 17.8 Å². The number of hydrogen-bond donors (Lipinski definition) is 1. The number of piperidine rings is 2. The van der Waals surface area contributed by atoms with Gasteiger partial charge in [0.25, 0.3) is 0 Å². The van der Waals surface area contributed by atoms with E-state index in [1.165, 1.54) is 69.7 Å². The van der Waals surface area contributed by atoms with Gasteiger partial charge in [-0.3, -0.25) is 4.90 Å². The Morgan fingerprint density at radius 3 is 2.50 bits per heavy atom. The standard InChI is InChI=1S/C26H37N3O/c1-17-9-10-20-14-22(29-24-8-3-2-7-23(24)27-26(29)16-30)15-25(17)28(20)21-12-18-5-4-6-19(11-18)13-21/h2-3,7-8,17-22,25,30H,4-6,9-16H2,1H3/t17-,18-,19+,20+,21?,22?,25+/m0/s1. The highest BCUT2D eigenvalue weighted by atomic mass is 16.3. The highest BCUT2D eigenvalue weighted by Crippen LogP contribution is 2.49. The van der Waals surface area contributed by atoms with E-state index in [1.54, 1.807) is 0 Å². The van der Waals surface area contributed by atoms with Gasteiger partial charge in [0.05, 0.1) is 11.0 Å². The third-order valence-electron chi connectivity index (χ3n) is 9.17. The van der Waals surface area contributed by atoms with Gasteiger partial charge in [-0.05, 0) is 74.8 Å². The first-order valence-electron chi connectivity index (χ1n) is 12.6. The number of para-hydroxylation sites is 2.